The molecule has 248 valence electrons. The molecule has 0 spiro atoms. The summed E-state index contributed by atoms with van der Waals surface area (Å²) in [6.07, 6.45) is 0.676. The zero-order valence-corrected chi connectivity index (χ0v) is 34.9. The summed E-state index contributed by atoms with van der Waals surface area (Å²) in [6.45, 7) is 35.2. The Labute approximate surface area is 305 Å². The maximum atomic E-state index is 10.8. The monoisotopic (exact) mass is 686 g/mol. The summed E-state index contributed by atoms with van der Waals surface area (Å²) < 4.78 is 43.0. The number of rotatable bonds is 11. The molecule has 0 aromatic heterocycles. The minimum absolute atomic E-state index is 0. The summed E-state index contributed by atoms with van der Waals surface area (Å²) in [5, 5.41) is 0. The number of allylic oxidation sites excluding steroid dienone is 1. The molecule has 0 unspecified atom stereocenters. The number of thioether (sulfide) groups is 2. The van der Waals surface area contributed by atoms with Crippen molar-refractivity contribution in [2.75, 3.05) is 6.61 Å². The molecule has 0 aliphatic heterocycles. The molecule has 0 amide bonds. The Kier molecular flexibility index (Phi) is 14.6. The van der Waals surface area contributed by atoms with Crippen molar-refractivity contribution in [1.82, 2.24) is 0 Å². The molecule has 0 atom stereocenters. The third kappa shape index (κ3) is 13.9. The number of benzene rings is 2. The van der Waals surface area contributed by atoms with Crippen molar-refractivity contribution >= 4 is 33.9 Å². The Bertz CT molecular complexity index is 1370. The Morgan fingerprint density at radius 3 is 1.47 bits per heavy atom. The van der Waals surface area contributed by atoms with Crippen molar-refractivity contribution in [3.8, 4) is 5.75 Å². The summed E-state index contributed by atoms with van der Waals surface area (Å²) in [5.41, 5.74) is 4.53. The van der Waals surface area contributed by atoms with Crippen LogP contribution in [0.15, 0.2) is 52.5 Å². The fourth-order valence-corrected chi connectivity index (χ4v) is 7.55. The largest absolute Gasteiger partial charge is 1.00 e. The molecule has 0 aliphatic carbocycles. The molecular formula is C36H55NaO5S3. The van der Waals surface area contributed by atoms with Gasteiger partial charge in [-0.25, -0.2) is 8.42 Å². The van der Waals surface area contributed by atoms with Gasteiger partial charge in [-0.2, -0.15) is 0 Å². The van der Waals surface area contributed by atoms with Gasteiger partial charge in [0.15, 0.2) is 0 Å². The molecule has 0 heterocycles. The third-order valence-corrected chi connectivity index (χ3v) is 10.00. The molecule has 0 radical (unpaired) electrons. The predicted molar refractivity (Wildman–Crippen MR) is 188 cm³/mol. The second-order valence-corrected chi connectivity index (χ2v) is 20.9. The van der Waals surface area contributed by atoms with Crippen LogP contribution in [0.4, 0.5) is 0 Å². The van der Waals surface area contributed by atoms with Crippen molar-refractivity contribution in [2.24, 2.45) is 0 Å². The van der Waals surface area contributed by atoms with Crippen molar-refractivity contribution in [2.45, 2.75) is 145 Å². The number of ether oxygens (including phenoxy) is 1. The maximum absolute atomic E-state index is 10.8. The van der Waals surface area contributed by atoms with E-state index in [0.717, 1.165) is 16.9 Å². The van der Waals surface area contributed by atoms with Crippen LogP contribution in [-0.2, 0) is 36.2 Å². The van der Waals surface area contributed by atoms with E-state index in [-0.39, 0.29) is 61.9 Å². The van der Waals surface area contributed by atoms with Crippen LogP contribution in [0.25, 0.3) is 0 Å². The summed E-state index contributed by atoms with van der Waals surface area (Å²) in [5.74, 6) is 1.28. The van der Waals surface area contributed by atoms with Gasteiger partial charge >= 0.3 is 29.6 Å². The Morgan fingerprint density at radius 2 is 1.11 bits per heavy atom. The van der Waals surface area contributed by atoms with Crippen LogP contribution >= 0.6 is 23.5 Å². The van der Waals surface area contributed by atoms with E-state index in [2.05, 4.69) is 138 Å². The first kappa shape index (κ1) is 42.6. The minimum atomic E-state index is -4.72. The van der Waals surface area contributed by atoms with Crippen molar-refractivity contribution in [3.05, 3.63) is 64.9 Å². The molecule has 0 saturated carbocycles. The van der Waals surface area contributed by atoms with Gasteiger partial charge in [-0.15, -0.1) is 23.5 Å². The molecule has 5 nitrogen and oxygen atoms in total. The molecule has 0 fully saturated rings. The fraction of sp³-hybridized carbons (Fsp3) is 0.611. The molecule has 0 aliphatic rings. The molecule has 9 heteroatoms. The second-order valence-electron chi connectivity index (χ2n) is 16.2. The van der Waals surface area contributed by atoms with Gasteiger partial charge in [0.05, 0.1) is 16.4 Å². The standard InChI is InChI=1S/C36H56O5S3.Na/c1-24(17-16-18-40-44(37,38)39)41-31-29(34(8,9)10)22-28(23-30(31)35(11,12)13)43-36(14,15)42-27-20-25(32(2,3)4)19-26(21-27)33(5,6)7;/h19-23H,1,16-18H2,2-15H3,(H,37,38,39);/q;+1/p-1. The molecular weight excluding hydrogens is 632 g/mol. The Hall–Kier alpha value is -0.450. The fourth-order valence-electron chi connectivity index (χ4n) is 4.62. The summed E-state index contributed by atoms with van der Waals surface area (Å²) in [4.78, 5) is 2.45. The molecule has 2 aromatic rings. The quantitative estimate of drug-likeness (QED) is 0.0457. The summed E-state index contributed by atoms with van der Waals surface area (Å²) >= 11 is 3.75. The molecule has 2 aromatic carbocycles. The first-order valence-corrected chi connectivity index (χ1v) is 18.2. The van der Waals surface area contributed by atoms with Crippen LogP contribution in [0.5, 0.6) is 5.75 Å². The van der Waals surface area contributed by atoms with Gasteiger partial charge in [0.2, 0.25) is 10.4 Å². The van der Waals surface area contributed by atoms with Crippen molar-refractivity contribution in [3.63, 3.8) is 0 Å². The SMILES string of the molecule is C=C(CCCOS(=O)(=O)[O-])Oc1c(C(C)(C)C)cc(SC(C)(C)Sc2cc(C(C)(C)C)cc(C(C)(C)C)c2)cc1C(C)(C)C.[Na+]. The topological polar surface area (TPSA) is 75.7 Å². The van der Waals surface area contributed by atoms with Crippen LogP contribution in [0.2, 0.25) is 0 Å². The van der Waals surface area contributed by atoms with E-state index in [1.807, 2.05) is 23.5 Å². The van der Waals surface area contributed by atoms with Gasteiger partial charge < -0.3 is 9.29 Å². The zero-order valence-electron chi connectivity index (χ0n) is 30.5. The average molecular weight is 687 g/mol. The predicted octanol–water partition coefficient (Wildman–Crippen LogP) is 7.65. The van der Waals surface area contributed by atoms with Crippen LogP contribution in [-0.4, -0.2) is 23.7 Å². The Morgan fingerprint density at radius 1 is 0.711 bits per heavy atom. The third-order valence-electron chi connectivity index (χ3n) is 7.12. The molecule has 0 N–H and O–H groups in total. The molecule has 2 rings (SSSR count). The van der Waals surface area contributed by atoms with Gasteiger partial charge in [-0.3, -0.25) is 4.18 Å². The van der Waals surface area contributed by atoms with E-state index in [1.54, 1.807) is 0 Å². The molecule has 45 heavy (non-hydrogen) atoms. The van der Waals surface area contributed by atoms with E-state index in [9.17, 15) is 13.0 Å². The van der Waals surface area contributed by atoms with E-state index in [1.165, 1.54) is 20.9 Å². The Balaban J connectivity index is 0.0000101. The zero-order chi connectivity index (χ0) is 34.1. The van der Waals surface area contributed by atoms with Gasteiger partial charge in [0, 0.05) is 27.3 Å². The van der Waals surface area contributed by atoms with Crippen LogP contribution in [0.3, 0.4) is 0 Å². The van der Waals surface area contributed by atoms with Crippen LogP contribution in [0, 0.1) is 0 Å². The van der Waals surface area contributed by atoms with E-state index >= 15 is 0 Å². The normalized spacial score (nSPS) is 13.4. The van der Waals surface area contributed by atoms with E-state index in [0.29, 0.717) is 18.6 Å². The van der Waals surface area contributed by atoms with Gasteiger partial charge in [-0.1, -0.05) is 95.7 Å². The average Bonchev–Trinajstić information content (AvgIpc) is 2.78. The minimum Gasteiger partial charge on any atom is -0.726 e. The van der Waals surface area contributed by atoms with E-state index in [4.69, 9.17) is 4.74 Å². The van der Waals surface area contributed by atoms with E-state index < -0.39 is 10.4 Å². The van der Waals surface area contributed by atoms with Crippen LogP contribution < -0.4 is 34.3 Å². The summed E-state index contributed by atoms with van der Waals surface area (Å²) in [6, 6.07) is 11.5. The van der Waals surface area contributed by atoms with Gasteiger partial charge in [0.25, 0.3) is 0 Å². The number of hydrogen-bond donors (Lipinski definition) is 0. The molecule has 0 saturated heterocycles. The maximum Gasteiger partial charge on any atom is 1.00 e. The van der Waals surface area contributed by atoms with Crippen molar-refractivity contribution in [1.29, 1.82) is 0 Å². The summed E-state index contributed by atoms with van der Waals surface area (Å²) in [7, 11) is -4.72. The van der Waals surface area contributed by atoms with Crippen LogP contribution in [0.1, 0.15) is 132 Å². The number of hydrogen-bond acceptors (Lipinski definition) is 7. The first-order valence-electron chi connectivity index (χ1n) is 15.3. The second kappa shape index (κ2) is 15.4. The smallest absolute Gasteiger partial charge is 0.726 e. The van der Waals surface area contributed by atoms with Gasteiger partial charge in [0.1, 0.15) is 5.75 Å². The molecule has 0 bridgehead atoms. The van der Waals surface area contributed by atoms with Gasteiger partial charge in [-0.05, 0) is 77.3 Å². The first-order chi connectivity index (χ1) is 19.6. The van der Waals surface area contributed by atoms with Crippen molar-refractivity contribution < 1.29 is 51.4 Å².